The molecule has 122 valence electrons. The van der Waals surface area contributed by atoms with Crippen LogP contribution in [0.1, 0.15) is 52.4 Å². The number of hydrogen-bond donors (Lipinski definition) is 0. The van der Waals surface area contributed by atoms with E-state index in [-0.39, 0.29) is 17.6 Å². The van der Waals surface area contributed by atoms with Crippen molar-refractivity contribution in [2.24, 2.45) is 17.8 Å². The number of benzene rings is 1. The van der Waals surface area contributed by atoms with Gasteiger partial charge in [0, 0.05) is 6.07 Å². The Morgan fingerprint density at radius 2 is 1.77 bits per heavy atom. The van der Waals surface area contributed by atoms with Gasteiger partial charge in [0.1, 0.15) is 5.75 Å². The first-order valence-corrected chi connectivity index (χ1v) is 8.21. The maximum atomic E-state index is 13.1. The summed E-state index contributed by atoms with van der Waals surface area (Å²) in [5, 5.41) is 0. The molecule has 1 aromatic rings. The minimum absolute atomic E-state index is 0.0750. The van der Waals surface area contributed by atoms with Gasteiger partial charge in [-0.15, -0.1) is 0 Å². The Labute approximate surface area is 130 Å². The molecule has 1 saturated carbocycles. The molecule has 0 unspecified atom stereocenters. The maximum Gasteiger partial charge on any atom is 0.314 e. The zero-order valence-electron chi connectivity index (χ0n) is 13.3. The summed E-state index contributed by atoms with van der Waals surface area (Å²) in [5.74, 6) is -0.877. The van der Waals surface area contributed by atoms with E-state index < -0.39 is 11.6 Å². The molecule has 22 heavy (non-hydrogen) atoms. The molecule has 0 heterocycles. The van der Waals surface area contributed by atoms with Crippen molar-refractivity contribution in [3.05, 3.63) is 29.8 Å². The molecule has 0 radical (unpaired) electrons. The van der Waals surface area contributed by atoms with E-state index in [1.54, 1.807) is 0 Å². The van der Waals surface area contributed by atoms with E-state index >= 15 is 0 Å². The molecule has 0 spiro atoms. The molecule has 0 amide bonds. The highest BCUT2D eigenvalue weighted by Gasteiger charge is 2.30. The molecule has 1 fully saturated rings. The number of hydrogen-bond acceptors (Lipinski definition) is 2. The average Bonchev–Trinajstić information content (AvgIpc) is 2.53. The Hall–Kier alpha value is -1.45. The van der Waals surface area contributed by atoms with Crippen molar-refractivity contribution in [3.63, 3.8) is 0 Å². The van der Waals surface area contributed by atoms with Gasteiger partial charge in [-0.25, -0.2) is 8.78 Å². The van der Waals surface area contributed by atoms with Gasteiger partial charge < -0.3 is 4.74 Å². The first-order valence-electron chi connectivity index (χ1n) is 8.21. The van der Waals surface area contributed by atoms with Crippen LogP contribution >= 0.6 is 0 Å². The van der Waals surface area contributed by atoms with Crippen LogP contribution < -0.4 is 4.74 Å². The van der Waals surface area contributed by atoms with Crippen molar-refractivity contribution >= 4 is 5.97 Å². The highest BCUT2D eigenvalue weighted by Crippen LogP contribution is 2.36. The smallest absolute Gasteiger partial charge is 0.314 e. The van der Waals surface area contributed by atoms with Gasteiger partial charge in [0.25, 0.3) is 0 Å². The lowest BCUT2D eigenvalue weighted by molar-refractivity contribution is -0.140. The molecule has 2 rings (SSSR count). The highest BCUT2D eigenvalue weighted by molar-refractivity contribution is 5.75. The van der Waals surface area contributed by atoms with Gasteiger partial charge in [0.05, 0.1) is 5.92 Å². The number of halogens is 2. The summed E-state index contributed by atoms with van der Waals surface area (Å²) in [6.07, 6.45) is 6.11. The third-order valence-electron chi connectivity index (χ3n) is 4.93. The first kappa shape index (κ1) is 16.9. The minimum Gasteiger partial charge on any atom is -0.426 e. The highest BCUT2D eigenvalue weighted by atomic mass is 19.2. The summed E-state index contributed by atoms with van der Waals surface area (Å²) in [7, 11) is 0. The van der Waals surface area contributed by atoms with Crippen LogP contribution in [-0.4, -0.2) is 5.97 Å². The summed E-state index contributed by atoms with van der Waals surface area (Å²) in [6, 6.07) is 3.18. The normalized spacial score (nSPS) is 21.9. The van der Waals surface area contributed by atoms with Crippen molar-refractivity contribution in [1.29, 1.82) is 0 Å². The second-order valence-electron chi connectivity index (χ2n) is 6.19. The summed E-state index contributed by atoms with van der Waals surface area (Å²) < 4.78 is 31.2. The van der Waals surface area contributed by atoms with E-state index in [2.05, 4.69) is 13.8 Å². The molecule has 1 aliphatic carbocycles. The zero-order chi connectivity index (χ0) is 16.1. The van der Waals surface area contributed by atoms with Gasteiger partial charge in [-0.2, -0.15) is 0 Å². The zero-order valence-corrected chi connectivity index (χ0v) is 13.3. The minimum atomic E-state index is -0.997. The summed E-state index contributed by atoms with van der Waals surface area (Å²) >= 11 is 0. The van der Waals surface area contributed by atoms with Gasteiger partial charge in [-0.05, 0) is 49.7 Å². The van der Waals surface area contributed by atoms with Crippen molar-refractivity contribution in [1.82, 2.24) is 0 Å². The fraction of sp³-hybridized carbons (Fsp3) is 0.611. The van der Waals surface area contributed by atoms with Crippen LogP contribution in [0.4, 0.5) is 8.78 Å². The second-order valence-corrected chi connectivity index (χ2v) is 6.19. The monoisotopic (exact) mass is 310 g/mol. The van der Waals surface area contributed by atoms with Crippen LogP contribution in [0.15, 0.2) is 18.2 Å². The molecular formula is C18H24F2O2. The predicted octanol–water partition coefficient (Wildman–Crippen LogP) is 5.11. The lowest BCUT2D eigenvalue weighted by Gasteiger charge is -2.32. The van der Waals surface area contributed by atoms with E-state index in [9.17, 15) is 13.6 Å². The van der Waals surface area contributed by atoms with Crippen molar-refractivity contribution < 1.29 is 18.3 Å². The molecule has 0 bridgehead atoms. The van der Waals surface area contributed by atoms with Crippen LogP contribution in [0.3, 0.4) is 0 Å². The van der Waals surface area contributed by atoms with Crippen LogP contribution in [0.2, 0.25) is 0 Å². The van der Waals surface area contributed by atoms with Crippen molar-refractivity contribution in [2.45, 2.75) is 52.4 Å². The molecular weight excluding hydrogens is 286 g/mol. The van der Waals surface area contributed by atoms with Crippen LogP contribution in [0.25, 0.3) is 0 Å². The standard InChI is InChI=1S/C18H24F2O2/c1-3-12(4-2)13-5-7-14(8-6-13)18(21)22-15-9-10-16(19)17(20)11-15/h9-14H,3-8H2,1-2H3. The van der Waals surface area contributed by atoms with Gasteiger partial charge in [0.2, 0.25) is 0 Å². The molecule has 1 aliphatic rings. The molecule has 0 saturated heterocycles. The van der Waals surface area contributed by atoms with E-state index in [0.29, 0.717) is 5.92 Å². The third-order valence-corrected chi connectivity index (χ3v) is 4.93. The summed E-state index contributed by atoms with van der Waals surface area (Å²) in [4.78, 5) is 12.1. The predicted molar refractivity (Wildman–Crippen MR) is 81.5 cm³/mol. The summed E-state index contributed by atoms with van der Waals surface area (Å²) in [5.41, 5.74) is 0. The number of carbonyl (C=O) groups excluding carboxylic acids is 1. The number of rotatable bonds is 5. The second kappa shape index (κ2) is 7.70. The van der Waals surface area contributed by atoms with Gasteiger partial charge >= 0.3 is 5.97 Å². The molecule has 2 nitrogen and oxygen atoms in total. The first-order chi connectivity index (χ1) is 10.5. The Bertz CT molecular complexity index is 504. The Morgan fingerprint density at radius 1 is 1.14 bits per heavy atom. The van der Waals surface area contributed by atoms with E-state index in [1.165, 1.54) is 18.9 Å². The third kappa shape index (κ3) is 4.05. The Morgan fingerprint density at radius 3 is 2.32 bits per heavy atom. The number of carbonyl (C=O) groups is 1. The largest absolute Gasteiger partial charge is 0.426 e. The molecule has 0 N–H and O–H groups in total. The van der Waals surface area contributed by atoms with E-state index in [0.717, 1.165) is 43.7 Å². The molecule has 4 heteroatoms. The average molecular weight is 310 g/mol. The Kier molecular flexibility index (Phi) is 5.92. The van der Waals surface area contributed by atoms with Gasteiger partial charge in [-0.3, -0.25) is 4.79 Å². The number of ether oxygens (including phenoxy) is 1. The van der Waals surface area contributed by atoms with Crippen molar-refractivity contribution in [3.8, 4) is 5.75 Å². The van der Waals surface area contributed by atoms with E-state index in [4.69, 9.17) is 4.74 Å². The van der Waals surface area contributed by atoms with Gasteiger partial charge in [0.15, 0.2) is 11.6 Å². The maximum absolute atomic E-state index is 13.1. The van der Waals surface area contributed by atoms with Crippen molar-refractivity contribution in [2.75, 3.05) is 0 Å². The molecule has 0 aromatic heterocycles. The number of esters is 1. The topological polar surface area (TPSA) is 26.3 Å². The summed E-state index contributed by atoms with van der Waals surface area (Å²) in [6.45, 7) is 4.44. The quantitative estimate of drug-likeness (QED) is 0.558. The molecule has 0 aliphatic heterocycles. The Balaban J connectivity index is 1.88. The fourth-order valence-electron chi connectivity index (χ4n) is 3.52. The fourth-order valence-corrected chi connectivity index (χ4v) is 3.52. The van der Waals surface area contributed by atoms with Crippen LogP contribution in [0, 0.1) is 29.4 Å². The van der Waals surface area contributed by atoms with Crippen LogP contribution in [0.5, 0.6) is 5.75 Å². The molecule has 1 aromatic carbocycles. The lowest BCUT2D eigenvalue weighted by Crippen LogP contribution is -2.28. The lowest BCUT2D eigenvalue weighted by atomic mass is 9.74. The SMILES string of the molecule is CCC(CC)C1CCC(C(=O)Oc2ccc(F)c(F)c2)CC1. The van der Waals surface area contributed by atoms with E-state index in [1.807, 2.05) is 0 Å². The molecule has 0 atom stereocenters. The van der Waals surface area contributed by atoms with Gasteiger partial charge in [-0.1, -0.05) is 26.7 Å². The van der Waals surface area contributed by atoms with Crippen LogP contribution in [-0.2, 0) is 4.79 Å².